The summed E-state index contributed by atoms with van der Waals surface area (Å²) in [4.78, 5) is 13.0. The molecule has 0 spiro atoms. The second kappa shape index (κ2) is 9.14. The Labute approximate surface area is 174 Å². The predicted octanol–water partition coefficient (Wildman–Crippen LogP) is 3.01. The number of amides is 1. The third kappa shape index (κ3) is 4.67. The second-order valence-electron chi connectivity index (χ2n) is 8.67. The number of aryl methyl sites for hydroxylation is 1. The number of carbonyl (C=O) groups is 1. The minimum atomic E-state index is -3.47. The summed E-state index contributed by atoms with van der Waals surface area (Å²) in [5.74, 6) is -0.262. The number of nitrogens with one attached hydrogen (secondary N) is 1. The van der Waals surface area contributed by atoms with E-state index in [2.05, 4.69) is 23.5 Å². The Balaban J connectivity index is 1.41. The van der Waals surface area contributed by atoms with E-state index in [-0.39, 0.29) is 17.9 Å². The lowest BCUT2D eigenvalue weighted by Gasteiger charge is -2.35. The van der Waals surface area contributed by atoms with Crippen molar-refractivity contribution in [3.8, 4) is 0 Å². The molecule has 29 heavy (non-hydrogen) atoms. The quantitative estimate of drug-likeness (QED) is 0.816. The fourth-order valence-electron chi connectivity index (χ4n) is 5.00. The van der Waals surface area contributed by atoms with Crippen molar-refractivity contribution in [2.45, 2.75) is 63.8 Å². The number of fused-ring (bicyclic) bond motifs is 1. The van der Waals surface area contributed by atoms with E-state index >= 15 is 0 Å². The Morgan fingerprint density at radius 3 is 2.41 bits per heavy atom. The molecule has 2 fully saturated rings. The molecule has 0 radical (unpaired) electrons. The lowest BCUT2D eigenvalue weighted by atomic mass is 9.87. The molecule has 4 rings (SSSR count). The van der Waals surface area contributed by atoms with Crippen LogP contribution in [0.2, 0.25) is 0 Å². The van der Waals surface area contributed by atoms with Crippen molar-refractivity contribution >= 4 is 16.1 Å². The molecule has 1 amide bonds. The number of nitrogens with zero attached hydrogens (tertiary/aromatic N) is 2. The van der Waals surface area contributed by atoms with Crippen LogP contribution < -0.4 is 5.32 Å². The van der Waals surface area contributed by atoms with Crippen LogP contribution in [0.1, 0.15) is 68.5 Å². The molecule has 2 unspecified atom stereocenters. The van der Waals surface area contributed by atoms with Crippen LogP contribution in [-0.2, 0) is 21.4 Å². The third-order valence-corrected chi connectivity index (χ3v) is 8.66. The highest BCUT2D eigenvalue weighted by Gasteiger charge is 2.36. The van der Waals surface area contributed by atoms with Crippen LogP contribution in [0, 0.1) is 5.92 Å². The fourth-order valence-corrected chi connectivity index (χ4v) is 6.77. The van der Waals surface area contributed by atoms with Crippen LogP contribution in [0.4, 0.5) is 0 Å². The van der Waals surface area contributed by atoms with E-state index in [1.807, 2.05) is 6.07 Å². The standard InChI is InChI=1S/C22H33N3O3S/c26-22(23-21-13-7-10-18-9-3-4-12-20(18)21)19-11-8-16-25(17-19)29(27,28)24-14-5-1-2-6-15-24/h3-4,9,12,19,21H,1-2,5-8,10-11,13-17H2,(H,23,26). The minimum Gasteiger partial charge on any atom is -0.349 e. The second-order valence-corrected chi connectivity index (χ2v) is 10.6. The maximum Gasteiger partial charge on any atom is 0.281 e. The highest BCUT2D eigenvalue weighted by molar-refractivity contribution is 7.86. The smallest absolute Gasteiger partial charge is 0.281 e. The first-order valence-corrected chi connectivity index (χ1v) is 12.6. The number of hydrogen-bond acceptors (Lipinski definition) is 3. The van der Waals surface area contributed by atoms with E-state index in [9.17, 15) is 13.2 Å². The van der Waals surface area contributed by atoms with Crippen molar-refractivity contribution in [3.05, 3.63) is 35.4 Å². The molecule has 160 valence electrons. The predicted molar refractivity (Wildman–Crippen MR) is 114 cm³/mol. The highest BCUT2D eigenvalue weighted by Crippen LogP contribution is 2.30. The van der Waals surface area contributed by atoms with E-state index in [1.54, 1.807) is 8.61 Å². The molecule has 3 aliphatic rings. The Hall–Kier alpha value is -1.44. The van der Waals surface area contributed by atoms with Crippen molar-refractivity contribution in [1.82, 2.24) is 13.9 Å². The summed E-state index contributed by atoms with van der Waals surface area (Å²) in [5.41, 5.74) is 2.54. The van der Waals surface area contributed by atoms with Crippen molar-refractivity contribution in [1.29, 1.82) is 0 Å². The van der Waals surface area contributed by atoms with Gasteiger partial charge in [-0.3, -0.25) is 4.79 Å². The molecule has 0 aromatic heterocycles. The van der Waals surface area contributed by atoms with Gasteiger partial charge in [0.15, 0.2) is 0 Å². The maximum atomic E-state index is 13.1. The Morgan fingerprint density at radius 1 is 0.897 bits per heavy atom. The lowest BCUT2D eigenvalue weighted by Crippen LogP contribution is -2.51. The van der Waals surface area contributed by atoms with Crippen LogP contribution in [0.15, 0.2) is 24.3 Å². The maximum absolute atomic E-state index is 13.1. The molecule has 0 bridgehead atoms. The molecule has 7 heteroatoms. The fraction of sp³-hybridized carbons (Fsp3) is 0.682. The first-order chi connectivity index (χ1) is 14.1. The van der Waals surface area contributed by atoms with E-state index in [0.717, 1.165) is 57.8 Å². The van der Waals surface area contributed by atoms with Crippen LogP contribution in [0.3, 0.4) is 0 Å². The molecule has 1 aromatic carbocycles. The monoisotopic (exact) mass is 419 g/mol. The van der Waals surface area contributed by atoms with Gasteiger partial charge < -0.3 is 5.32 Å². The van der Waals surface area contributed by atoms with Crippen molar-refractivity contribution in [2.24, 2.45) is 5.92 Å². The topological polar surface area (TPSA) is 69.7 Å². The summed E-state index contributed by atoms with van der Waals surface area (Å²) in [6.45, 7) is 2.04. The summed E-state index contributed by atoms with van der Waals surface area (Å²) in [7, 11) is -3.47. The first-order valence-electron chi connectivity index (χ1n) is 11.2. The molecule has 2 atom stereocenters. The van der Waals surface area contributed by atoms with Gasteiger partial charge in [0.1, 0.15) is 0 Å². The zero-order valence-corrected chi connectivity index (χ0v) is 18.0. The molecule has 1 N–H and O–H groups in total. The summed E-state index contributed by atoms with van der Waals surface area (Å²) >= 11 is 0. The van der Waals surface area contributed by atoms with Crippen LogP contribution in [-0.4, -0.2) is 49.1 Å². The molecule has 1 aromatic rings. The third-order valence-electron chi connectivity index (χ3n) is 6.66. The number of benzene rings is 1. The van der Waals surface area contributed by atoms with Crippen LogP contribution >= 0.6 is 0 Å². The number of rotatable bonds is 4. The molecule has 2 saturated heterocycles. The molecule has 0 saturated carbocycles. The van der Waals surface area contributed by atoms with Crippen LogP contribution in [0.25, 0.3) is 0 Å². The van der Waals surface area contributed by atoms with Gasteiger partial charge >= 0.3 is 0 Å². The molecular formula is C22H33N3O3S. The minimum absolute atomic E-state index is 0.00229. The van der Waals surface area contributed by atoms with E-state index in [1.165, 1.54) is 11.1 Å². The van der Waals surface area contributed by atoms with Crippen molar-refractivity contribution < 1.29 is 13.2 Å². The number of piperidine rings is 1. The van der Waals surface area contributed by atoms with Crippen molar-refractivity contribution in [2.75, 3.05) is 26.2 Å². The lowest BCUT2D eigenvalue weighted by molar-refractivity contribution is -0.127. The molecular weight excluding hydrogens is 386 g/mol. The van der Waals surface area contributed by atoms with Gasteiger partial charge in [0.2, 0.25) is 5.91 Å². The van der Waals surface area contributed by atoms with Gasteiger partial charge in [-0.15, -0.1) is 0 Å². The Bertz CT molecular complexity index is 818. The molecule has 2 aliphatic heterocycles. The normalized spacial score (nSPS) is 27.0. The van der Waals surface area contributed by atoms with E-state index in [0.29, 0.717) is 26.2 Å². The number of hydrogen-bond donors (Lipinski definition) is 1. The SMILES string of the molecule is O=C(NC1CCCc2ccccc21)C1CCCN(S(=O)(=O)N2CCCCCC2)C1. The van der Waals surface area contributed by atoms with Crippen molar-refractivity contribution in [3.63, 3.8) is 0 Å². The van der Waals surface area contributed by atoms with Gasteiger partial charge in [-0.05, 0) is 56.1 Å². The average Bonchev–Trinajstić information content (AvgIpc) is 3.04. The van der Waals surface area contributed by atoms with Gasteiger partial charge in [0, 0.05) is 26.2 Å². The van der Waals surface area contributed by atoms with Crippen LogP contribution in [0.5, 0.6) is 0 Å². The summed E-state index contributed by atoms with van der Waals surface area (Å²) in [6, 6.07) is 8.38. The summed E-state index contributed by atoms with van der Waals surface area (Å²) in [5, 5.41) is 3.23. The molecule has 1 aliphatic carbocycles. The van der Waals surface area contributed by atoms with Gasteiger partial charge in [0.25, 0.3) is 10.2 Å². The zero-order chi connectivity index (χ0) is 20.3. The summed E-state index contributed by atoms with van der Waals surface area (Å²) in [6.07, 6.45) is 8.63. The van der Waals surface area contributed by atoms with Gasteiger partial charge in [0.05, 0.1) is 12.0 Å². The first kappa shape index (κ1) is 20.8. The largest absolute Gasteiger partial charge is 0.349 e. The van der Waals surface area contributed by atoms with E-state index < -0.39 is 10.2 Å². The average molecular weight is 420 g/mol. The number of carbonyl (C=O) groups excluding carboxylic acids is 1. The zero-order valence-electron chi connectivity index (χ0n) is 17.2. The Morgan fingerprint density at radius 2 is 1.62 bits per heavy atom. The van der Waals surface area contributed by atoms with Gasteiger partial charge in [-0.25, -0.2) is 0 Å². The Kier molecular flexibility index (Phi) is 6.56. The molecule has 6 nitrogen and oxygen atoms in total. The van der Waals surface area contributed by atoms with Gasteiger partial charge in [-0.1, -0.05) is 37.1 Å². The summed E-state index contributed by atoms with van der Waals surface area (Å²) < 4.78 is 29.5. The van der Waals surface area contributed by atoms with Gasteiger partial charge in [-0.2, -0.15) is 17.0 Å². The van der Waals surface area contributed by atoms with E-state index in [4.69, 9.17) is 0 Å². The highest BCUT2D eigenvalue weighted by atomic mass is 32.2. The molecule has 2 heterocycles.